The van der Waals surface area contributed by atoms with Crippen molar-refractivity contribution in [2.24, 2.45) is 5.92 Å². The molecule has 0 aliphatic carbocycles. The lowest BCUT2D eigenvalue weighted by atomic mass is 9.96. The van der Waals surface area contributed by atoms with E-state index < -0.39 is 0 Å². The first-order valence-corrected chi connectivity index (χ1v) is 8.36. The first-order valence-electron chi connectivity index (χ1n) is 8.36. The van der Waals surface area contributed by atoms with E-state index >= 15 is 0 Å². The summed E-state index contributed by atoms with van der Waals surface area (Å²) in [4.78, 5) is 12.5. The summed E-state index contributed by atoms with van der Waals surface area (Å²) in [6, 6.07) is 16.5. The topological polar surface area (TPSA) is 29.1 Å². The average molecular weight is 309 g/mol. The Labute approximate surface area is 139 Å². The Bertz CT molecular complexity index is 646. The number of carbonyl (C=O) groups is 1. The summed E-state index contributed by atoms with van der Waals surface area (Å²) in [7, 11) is 0. The molecule has 23 heavy (non-hydrogen) atoms. The summed E-state index contributed by atoms with van der Waals surface area (Å²) in [6.07, 6.45) is 1.38. The maximum atomic E-state index is 12.5. The third-order valence-corrected chi connectivity index (χ3v) is 4.18. The van der Waals surface area contributed by atoms with Crippen molar-refractivity contribution < 1.29 is 4.79 Å². The predicted octanol–water partition coefficient (Wildman–Crippen LogP) is 4.75. The van der Waals surface area contributed by atoms with E-state index in [1.807, 2.05) is 24.3 Å². The highest BCUT2D eigenvalue weighted by Crippen LogP contribution is 2.21. The normalized spacial score (nSPS) is 12.2. The Morgan fingerprint density at radius 1 is 1.00 bits per heavy atom. The van der Waals surface area contributed by atoms with Gasteiger partial charge in [-0.1, -0.05) is 62.4 Å². The molecule has 2 aromatic rings. The Balaban J connectivity index is 2.06. The van der Waals surface area contributed by atoms with Gasteiger partial charge in [0.15, 0.2) is 0 Å². The molecule has 0 unspecified atom stereocenters. The Hall–Kier alpha value is -2.09. The van der Waals surface area contributed by atoms with Crippen LogP contribution < -0.4 is 5.32 Å². The SMILES string of the molecule is Cc1ccc(CC(=O)N[C@@H](CC(C)C)c2ccccc2)cc1C. The smallest absolute Gasteiger partial charge is 0.224 e. The zero-order valence-corrected chi connectivity index (χ0v) is 14.6. The second kappa shape index (κ2) is 7.96. The van der Waals surface area contributed by atoms with Crippen molar-refractivity contribution in [2.45, 2.75) is 46.6 Å². The fourth-order valence-corrected chi connectivity index (χ4v) is 2.78. The van der Waals surface area contributed by atoms with E-state index in [0.29, 0.717) is 12.3 Å². The number of carbonyl (C=O) groups excluding carboxylic acids is 1. The zero-order chi connectivity index (χ0) is 16.8. The van der Waals surface area contributed by atoms with Crippen molar-refractivity contribution >= 4 is 5.91 Å². The molecule has 2 rings (SSSR count). The Morgan fingerprint density at radius 2 is 1.70 bits per heavy atom. The highest BCUT2D eigenvalue weighted by Gasteiger charge is 2.16. The number of hydrogen-bond donors (Lipinski definition) is 1. The first-order chi connectivity index (χ1) is 11.0. The maximum Gasteiger partial charge on any atom is 0.224 e. The van der Waals surface area contributed by atoms with Crippen LogP contribution in [-0.2, 0) is 11.2 Å². The van der Waals surface area contributed by atoms with Gasteiger partial charge in [0.1, 0.15) is 0 Å². The first kappa shape index (κ1) is 17.3. The average Bonchev–Trinajstić information content (AvgIpc) is 2.51. The van der Waals surface area contributed by atoms with Crippen LogP contribution >= 0.6 is 0 Å². The fraction of sp³-hybridized carbons (Fsp3) is 0.381. The monoisotopic (exact) mass is 309 g/mol. The van der Waals surface area contributed by atoms with Crippen molar-refractivity contribution in [2.75, 3.05) is 0 Å². The standard InChI is InChI=1S/C21H27NO/c1-15(2)12-20(19-8-6-5-7-9-19)22-21(23)14-18-11-10-16(3)17(4)13-18/h5-11,13,15,20H,12,14H2,1-4H3,(H,22,23)/t20-/m0/s1. The summed E-state index contributed by atoms with van der Waals surface area (Å²) in [6.45, 7) is 8.55. The number of amides is 1. The third kappa shape index (κ3) is 5.24. The predicted molar refractivity (Wildman–Crippen MR) is 96.4 cm³/mol. The molecule has 0 aliphatic rings. The van der Waals surface area contributed by atoms with Crippen LogP contribution in [0.25, 0.3) is 0 Å². The minimum Gasteiger partial charge on any atom is -0.349 e. The molecule has 2 heteroatoms. The van der Waals surface area contributed by atoms with Gasteiger partial charge in [0, 0.05) is 0 Å². The highest BCUT2D eigenvalue weighted by atomic mass is 16.1. The van der Waals surface area contributed by atoms with Gasteiger partial charge in [0.05, 0.1) is 12.5 Å². The third-order valence-electron chi connectivity index (χ3n) is 4.18. The van der Waals surface area contributed by atoms with E-state index in [-0.39, 0.29) is 11.9 Å². The van der Waals surface area contributed by atoms with E-state index in [4.69, 9.17) is 0 Å². The molecule has 0 fully saturated rings. The Kier molecular flexibility index (Phi) is 5.97. The van der Waals surface area contributed by atoms with E-state index in [2.05, 4.69) is 57.3 Å². The van der Waals surface area contributed by atoms with Crippen LogP contribution in [0.15, 0.2) is 48.5 Å². The van der Waals surface area contributed by atoms with Crippen LogP contribution in [0, 0.1) is 19.8 Å². The second-order valence-electron chi connectivity index (χ2n) is 6.76. The van der Waals surface area contributed by atoms with Crippen molar-refractivity contribution in [3.05, 3.63) is 70.8 Å². The minimum atomic E-state index is 0.0789. The van der Waals surface area contributed by atoms with Gasteiger partial charge >= 0.3 is 0 Å². The molecule has 0 saturated heterocycles. The summed E-state index contributed by atoms with van der Waals surface area (Å²) in [5.41, 5.74) is 4.74. The second-order valence-corrected chi connectivity index (χ2v) is 6.76. The number of rotatable bonds is 6. The molecular formula is C21H27NO. The van der Waals surface area contributed by atoms with E-state index in [1.165, 1.54) is 16.7 Å². The fourth-order valence-electron chi connectivity index (χ4n) is 2.78. The summed E-state index contributed by atoms with van der Waals surface area (Å²) in [5, 5.41) is 3.21. The molecule has 0 radical (unpaired) electrons. The number of benzene rings is 2. The number of aryl methyl sites for hydroxylation is 2. The van der Waals surface area contributed by atoms with Crippen LogP contribution in [0.1, 0.15) is 48.6 Å². The van der Waals surface area contributed by atoms with Gasteiger partial charge in [-0.15, -0.1) is 0 Å². The molecule has 1 amide bonds. The summed E-state index contributed by atoms with van der Waals surface area (Å²) >= 11 is 0. The molecule has 0 heterocycles. The highest BCUT2D eigenvalue weighted by molar-refractivity contribution is 5.79. The van der Waals surface area contributed by atoms with E-state index in [0.717, 1.165) is 12.0 Å². The number of nitrogens with one attached hydrogen (secondary N) is 1. The molecule has 1 atom stereocenters. The molecule has 0 aliphatic heterocycles. The van der Waals surface area contributed by atoms with Crippen molar-refractivity contribution in [1.82, 2.24) is 5.32 Å². The molecule has 0 spiro atoms. The van der Waals surface area contributed by atoms with Crippen molar-refractivity contribution in [1.29, 1.82) is 0 Å². The lowest BCUT2D eigenvalue weighted by Crippen LogP contribution is -2.30. The minimum absolute atomic E-state index is 0.0789. The van der Waals surface area contributed by atoms with Gasteiger partial charge in [-0.05, 0) is 48.4 Å². The van der Waals surface area contributed by atoms with Gasteiger partial charge in [-0.25, -0.2) is 0 Å². The molecule has 2 aromatic carbocycles. The summed E-state index contributed by atoms with van der Waals surface area (Å²) < 4.78 is 0. The lowest BCUT2D eigenvalue weighted by Gasteiger charge is -2.21. The summed E-state index contributed by atoms with van der Waals surface area (Å²) in [5.74, 6) is 0.616. The van der Waals surface area contributed by atoms with E-state index in [9.17, 15) is 4.79 Å². The zero-order valence-electron chi connectivity index (χ0n) is 14.6. The molecule has 0 saturated carbocycles. The molecule has 2 nitrogen and oxygen atoms in total. The maximum absolute atomic E-state index is 12.5. The van der Waals surface area contributed by atoms with Crippen LogP contribution in [0.5, 0.6) is 0 Å². The van der Waals surface area contributed by atoms with E-state index in [1.54, 1.807) is 0 Å². The number of hydrogen-bond acceptors (Lipinski definition) is 1. The molecule has 0 aromatic heterocycles. The molecular weight excluding hydrogens is 282 g/mol. The molecule has 0 bridgehead atoms. The van der Waals surface area contributed by atoms with Crippen LogP contribution in [0.4, 0.5) is 0 Å². The van der Waals surface area contributed by atoms with Crippen LogP contribution in [0.3, 0.4) is 0 Å². The quantitative estimate of drug-likeness (QED) is 0.819. The van der Waals surface area contributed by atoms with Crippen LogP contribution in [-0.4, -0.2) is 5.91 Å². The van der Waals surface area contributed by atoms with Gasteiger partial charge in [0.25, 0.3) is 0 Å². The van der Waals surface area contributed by atoms with Crippen molar-refractivity contribution in [3.63, 3.8) is 0 Å². The lowest BCUT2D eigenvalue weighted by molar-refractivity contribution is -0.121. The van der Waals surface area contributed by atoms with Crippen LogP contribution in [0.2, 0.25) is 0 Å². The Morgan fingerprint density at radius 3 is 2.30 bits per heavy atom. The molecule has 122 valence electrons. The van der Waals surface area contributed by atoms with Gasteiger partial charge < -0.3 is 5.32 Å². The van der Waals surface area contributed by atoms with Crippen molar-refractivity contribution in [3.8, 4) is 0 Å². The van der Waals surface area contributed by atoms with Gasteiger partial charge in [-0.3, -0.25) is 4.79 Å². The largest absolute Gasteiger partial charge is 0.349 e. The van der Waals surface area contributed by atoms with Gasteiger partial charge in [-0.2, -0.15) is 0 Å². The molecule has 1 N–H and O–H groups in total. The van der Waals surface area contributed by atoms with Gasteiger partial charge in [0.2, 0.25) is 5.91 Å².